The van der Waals surface area contributed by atoms with Gasteiger partial charge in [0.1, 0.15) is 11.5 Å². The fourth-order valence-electron chi connectivity index (χ4n) is 6.81. The summed E-state index contributed by atoms with van der Waals surface area (Å²) in [6.07, 6.45) is 15.6. The molecule has 2 aliphatic rings. The van der Waals surface area contributed by atoms with Crippen molar-refractivity contribution in [1.82, 2.24) is 0 Å². The summed E-state index contributed by atoms with van der Waals surface area (Å²) in [7, 11) is -3.98. The van der Waals surface area contributed by atoms with Gasteiger partial charge in [0.15, 0.2) is 0 Å². The van der Waals surface area contributed by atoms with Crippen LogP contribution in [0.5, 0.6) is 11.5 Å². The van der Waals surface area contributed by atoms with E-state index in [0.717, 1.165) is 39.6 Å². The Morgan fingerprint density at radius 3 is 1.42 bits per heavy atom. The molecule has 2 saturated carbocycles. The van der Waals surface area contributed by atoms with E-state index in [9.17, 15) is 16.8 Å². The Balaban J connectivity index is 0.000000333. The largest absolute Gasteiger partial charge is 2.00 e. The van der Waals surface area contributed by atoms with Gasteiger partial charge >= 0.3 is 20.4 Å². The van der Waals surface area contributed by atoms with Crippen molar-refractivity contribution in [2.45, 2.75) is 75.5 Å². The molecule has 53 heavy (non-hydrogen) atoms. The van der Waals surface area contributed by atoms with Crippen molar-refractivity contribution in [3.63, 3.8) is 0 Å². The summed E-state index contributed by atoms with van der Waals surface area (Å²) < 4.78 is 63.3. The number of methoxy groups -OCH3 is 2. The number of hydrogen-bond donors (Lipinski definition) is 3. The molecule has 0 aliphatic heterocycles. The molecule has 9 nitrogen and oxygen atoms in total. The average molecular weight is 878 g/mol. The Labute approximate surface area is 332 Å². The van der Waals surface area contributed by atoms with Gasteiger partial charge in [0.05, 0.1) is 32.3 Å². The first-order chi connectivity index (χ1) is 24.7. The first-order valence-electron chi connectivity index (χ1n) is 17.5. The number of hydrogen-bond acceptors (Lipinski definition) is 7. The molecule has 0 bridgehead atoms. The third kappa shape index (κ3) is 16.6. The molecule has 13 heteroatoms. The molecule has 0 saturated heterocycles. The Morgan fingerprint density at radius 2 is 0.981 bits per heavy atom. The SMILES string of the molecule is COc1cccc(OC)c1-c1ccccc1P(C1CCCCC1)C1CCCCC1.CS(=O)(=O)O.CS(=O)(=O)O.Nc1ccccc1-c1ccccc1.[Pd+2]. The maximum absolute atomic E-state index is 9.19. The number of para-hydroxylation sites is 1. The molecule has 2 fully saturated rings. The van der Waals surface area contributed by atoms with Crippen molar-refractivity contribution < 1.29 is 55.8 Å². The van der Waals surface area contributed by atoms with Crippen molar-refractivity contribution in [3.05, 3.63) is 97.1 Å². The van der Waals surface area contributed by atoms with Crippen LogP contribution >= 0.6 is 7.92 Å². The monoisotopic (exact) mass is 877 g/mol. The molecule has 6 rings (SSSR count). The summed E-state index contributed by atoms with van der Waals surface area (Å²) in [6, 6.07) is 33.4. The molecule has 0 heterocycles. The van der Waals surface area contributed by atoms with Gasteiger partial charge < -0.3 is 15.2 Å². The zero-order chi connectivity index (χ0) is 38.1. The molecule has 0 unspecified atom stereocenters. The summed E-state index contributed by atoms with van der Waals surface area (Å²) in [5.41, 5.74) is 13.2. The van der Waals surface area contributed by atoms with Crippen LogP contribution in [0.4, 0.5) is 5.69 Å². The maximum Gasteiger partial charge on any atom is 2.00 e. The Bertz CT molecular complexity index is 1800. The average Bonchev–Trinajstić information content (AvgIpc) is 3.12. The van der Waals surface area contributed by atoms with Crippen LogP contribution in [0.2, 0.25) is 0 Å². The number of nitrogens with two attached hydrogens (primary N) is 1. The second-order valence-electron chi connectivity index (χ2n) is 13.0. The summed E-state index contributed by atoms with van der Waals surface area (Å²) in [4.78, 5) is 0. The van der Waals surface area contributed by atoms with Gasteiger partial charge in [0.2, 0.25) is 0 Å². The zero-order valence-corrected chi connectivity index (χ0v) is 35.0. The predicted octanol–water partition coefficient (Wildman–Crippen LogP) is 9.08. The number of benzene rings is 4. The minimum Gasteiger partial charge on any atom is -0.496 e. The predicted molar refractivity (Wildman–Crippen MR) is 217 cm³/mol. The molecule has 0 aromatic heterocycles. The second kappa shape index (κ2) is 23.2. The zero-order valence-electron chi connectivity index (χ0n) is 31.0. The van der Waals surface area contributed by atoms with E-state index in [2.05, 4.69) is 48.5 Å². The van der Waals surface area contributed by atoms with Gasteiger partial charge in [-0.15, -0.1) is 0 Å². The van der Waals surface area contributed by atoms with E-state index in [0.29, 0.717) is 12.5 Å². The molecule has 0 amide bonds. The van der Waals surface area contributed by atoms with Crippen LogP contribution in [-0.4, -0.2) is 64.0 Å². The fourth-order valence-corrected chi connectivity index (χ4v) is 10.8. The molecular weight excluding hydrogens is 824 g/mol. The van der Waals surface area contributed by atoms with Gasteiger partial charge in [0, 0.05) is 11.3 Å². The molecule has 0 spiro atoms. The van der Waals surface area contributed by atoms with Crippen molar-refractivity contribution in [2.75, 3.05) is 32.5 Å². The van der Waals surface area contributed by atoms with Crippen molar-refractivity contribution >= 4 is 39.1 Å². The molecular formula is C40H54NO8PPdS2+2. The summed E-state index contributed by atoms with van der Waals surface area (Å²) >= 11 is 0. The third-order valence-electron chi connectivity index (χ3n) is 8.86. The van der Waals surface area contributed by atoms with Gasteiger partial charge in [-0.3, -0.25) is 9.11 Å². The molecule has 292 valence electrons. The minimum atomic E-state index is -3.67. The van der Waals surface area contributed by atoms with Crippen LogP contribution in [0, 0.1) is 0 Å². The van der Waals surface area contributed by atoms with Crippen molar-refractivity contribution in [2.24, 2.45) is 0 Å². The molecule has 4 N–H and O–H groups in total. The van der Waals surface area contributed by atoms with E-state index < -0.39 is 20.2 Å². The summed E-state index contributed by atoms with van der Waals surface area (Å²) in [5, 5.41) is 1.59. The van der Waals surface area contributed by atoms with E-state index in [4.69, 9.17) is 24.3 Å². The fraction of sp³-hybridized carbons (Fsp3) is 0.400. The smallest absolute Gasteiger partial charge is 0.496 e. The molecule has 0 radical (unpaired) electrons. The molecule has 4 aromatic carbocycles. The Kier molecular flexibility index (Phi) is 20.3. The van der Waals surface area contributed by atoms with Gasteiger partial charge in [-0.2, -0.15) is 16.8 Å². The van der Waals surface area contributed by atoms with Crippen molar-refractivity contribution in [1.29, 1.82) is 0 Å². The van der Waals surface area contributed by atoms with Crippen LogP contribution < -0.4 is 20.5 Å². The number of anilines is 1. The Morgan fingerprint density at radius 1 is 0.585 bits per heavy atom. The van der Waals surface area contributed by atoms with E-state index in [1.807, 2.05) is 48.5 Å². The molecule has 2 aliphatic carbocycles. The van der Waals surface area contributed by atoms with Gasteiger partial charge in [-0.1, -0.05) is 125 Å². The van der Waals surface area contributed by atoms with Crippen LogP contribution in [0.15, 0.2) is 97.1 Å². The number of rotatable bonds is 7. The van der Waals surface area contributed by atoms with Crippen LogP contribution in [0.3, 0.4) is 0 Å². The second-order valence-corrected chi connectivity index (χ2v) is 18.7. The van der Waals surface area contributed by atoms with E-state index >= 15 is 0 Å². The van der Waals surface area contributed by atoms with Gasteiger partial charge in [-0.25, -0.2) is 0 Å². The minimum absolute atomic E-state index is 0. The molecule has 4 aromatic rings. The van der Waals surface area contributed by atoms with Crippen LogP contribution in [0.25, 0.3) is 22.3 Å². The van der Waals surface area contributed by atoms with E-state index in [1.165, 1.54) is 75.3 Å². The summed E-state index contributed by atoms with van der Waals surface area (Å²) in [6.45, 7) is 0. The first kappa shape index (κ1) is 46.3. The maximum atomic E-state index is 9.19. The normalized spacial score (nSPS) is 14.8. The Hall–Kier alpha value is -2.81. The van der Waals surface area contributed by atoms with Gasteiger partial charge in [-0.05, 0) is 71.6 Å². The molecule has 0 atom stereocenters. The van der Waals surface area contributed by atoms with Crippen LogP contribution in [-0.2, 0) is 40.7 Å². The quantitative estimate of drug-likeness (QED) is 0.0715. The van der Waals surface area contributed by atoms with E-state index in [1.54, 1.807) is 19.5 Å². The van der Waals surface area contributed by atoms with Crippen LogP contribution in [0.1, 0.15) is 64.2 Å². The third-order valence-corrected chi connectivity index (χ3v) is 12.4. The topological polar surface area (TPSA) is 153 Å². The first-order valence-corrected chi connectivity index (χ1v) is 22.7. The summed E-state index contributed by atoms with van der Waals surface area (Å²) in [5.74, 6) is 1.83. The number of nitrogen functional groups attached to an aromatic ring is 1. The number of ether oxygens (including phenoxy) is 2. The van der Waals surface area contributed by atoms with Crippen molar-refractivity contribution in [3.8, 4) is 33.8 Å². The van der Waals surface area contributed by atoms with Gasteiger partial charge in [0.25, 0.3) is 20.2 Å². The standard InChI is InChI=1S/C26H35O2P.C12H11N.2CH4O3S.Pd/c1-27-23-17-11-18-24(28-2)26(23)22-16-9-10-19-25(22)29(20-12-5-3-6-13-20)21-14-7-4-8-15-21;13-12-9-5-4-8-11(12)10-6-2-1-3-7-10;2*1-5(2,3)4;/h9-11,16-21H,3-8,12-15H2,1-2H3;1-9H,13H2;2*1H3,(H,2,3,4);/q;;;;+2. The van der Waals surface area contributed by atoms with E-state index in [-0.39, 0.29) is 28.3 Å².